The molecule has 0 radical (unpaired) electrons. The van der Waals surface area contributed by atoms with Crippen molar-refractivity contribution in [1.82, 2.24) is 14.0 Å². The van der Waals surface area contributed by atoms with E-state index in [1.54, 1.807) is 31.4 Å². The van der Waals surface area contributed by atoms with Crippen molar-refractivity contribution < 1.29 is 14.6 Å². The van der Waals surface area contributed by atoms with Crippen molar-refractivity contribution in [2.45, 2.75) is 32.1 Å². The molecule has 0 atom stereocenters. The Morgan fingerprint density at radius 3 is 2.54 bits per heavy atom. The summed E-state index contributed by atoms with van der Waals surface area (Å²) < 4.78 is 7.88. The molecule has 1 aliphatic carbocycles. The molecule has 26 heavy (non-hydrogen) atoms. The summed E-state index contributed by atoms with van der Waals surface area (Å²) in [5, 5.41) is 9.77. The molecule has 3 aromatic rings. The van der Waals surface area contributed by atoms with Crippen LogP contribution in [0.1, 0.15) is 47.6 Å². The van der Waals surface area contributed by atoms with Gasteiger partial charge in [0.25, 0.3) is 0 Å². The van der Waals surface area contributed by atoms with Gasteiger partial charge in [0.15, 0.2) is 5.69 Å². The molecule has 2 aromatic heterocycles. The van der Waals surface area contributed by atoms with Crippen molar-refractivity contribution in [1.29, 1.82) is 0 Å². The largest absolute Gasteiger partial charge is 0.497 e. The summed E-state index contributed by atoms with van der Waals surface area (Å²) in [5.41, 5.74) is 2.04. The smallest absolute Gasteiger partial charge is 0.355 e. The van der Waals surface area contributed by atoms with Crippen molar-refractivity contribution in [3.63, 3.8) is 0 Å². The van der Waals surface area contributed by atoms with Crippen molar-refractivity contribution in [2.24, 2.45) is 0 Å². The Labute approximate surface area is 149 Å². The van der Waals surface area contributed by atoms with Gasteiger partial charge < -0.3 is 9.84 Å². The summed E-state index contributed by atoms with van der Waals surface area (Å²) in [7, 11) is 1.55. The highest BCUT2D eigenvalue weighted by Crippen LogP contribution is 2.40. The maximum Gasteiger partial charge on any atom is 0.355 e. The number of carbonyl (C=O) groups is 1. The first kappa shape index (κ1) is 16.4. The quantitative estimate of drug-likeness (QED) is 0.762. The highest BCUT2D eigenvalue weighted by Gasteiger charge is 2.31. The van der Waals surface area contributed by atoms with Crippen LogP contribution >= 0.6 is 0 Å². The van der Waals surface area contributed by atoms with Gasteiger partial charge in [0.1, 0.15) is 11.3 Å². The number of carboxylic acids is 1. The van der Waals surface area contributed by atoms with Crippen LogP contribution in [0.5, 0.6) is 5.75 Å². The molecule has 7 heteroatoms. The molecule has 1 aromatic carbocycles. The van der Waals surface area contributed by atoms with E-state index in [-0.39, 0.29) is 11.4 Å². The summed E-state index contributed by atoms with van der Waals surface area (Å²) in [6.45, 7) is 1.96. The fourth-order valence-corrected chi connectivity index (χ4v) is 3.43. The van der Waals surface area contributed by atoms with E-state index in [2.05, 4.69) is 4.98 Å². The SMILES string of the molecule is CCc1c(C2CC2)ncc2c(C(=O)O)n(-c3ccc(OC)cc3)c(=O)n12. The fraction of sp³-hybridized carbons (Fsp3) is 0.316. The highest BCUT2D eigenvalue weighted by molar-refractivity contribution is 5.94. The van der Waals surface area contributed by atoms with E-state index in [0.717, 1.165) is 24.2 Å². The third-order valence-corrected chi connectivity index (χ3v) is 4.81. The Balaban J connectivity index is 2.05. The van der Waals surface area contributed by atoms with Gasteiger partial charge in [-0.05, 0) is 43.5 Å². The molecule has 4 rings (SSSR count). The predicted molar refractivity (Wildman–Crippen MR) is 95.7 cm³/mol. The normalized spacial score (nSPS) is 13.9. The van der Waals surface area contributed by atoms with Crippen molar-refractivity contribution >= 4 is 11.5 Å². The van der Waals surface area contributed by atoms with Crippen LogP contribution in [0, 0.1) is 0 Å². The van der Waals surface area contributed by atoms with Crippen LogP contribution in [0.2, 0.25) is 0 Å². The number of hydrogen-bond acceptors (Lipinski definition) is 4. The molecule has 0 unspecified atom stereocenters. The lowest BCUT2D eigenvalue weighted by atomic mass is 10.1. The van der Waals surface area contributed by atoms with Gasteiger partial charge in [-0.25, -0.2) is 9.59 Å². The number of rotatable bonds is 5. The first-order valence-electron chi connectivity index (χ1n) is 8.59. The van der Waals surface area contributed by atoms with Gasteiger partial charge in [-0.3, -0.25) is 14.0 Å². The van der Waals surface area contributed by atoms with E-state index in [0.29, 0.717) is 29.3 Å². The van der Waals surface area contributed by atoms with Crippen molar-refractivity contribution in [3.8, 4) is 11.4 Å². The van der Waals surface area contributed by atoms with Crippen LogP contribution in [-0.2, 0) is 6.42 Å². The number of benzene rings is 1. The van der Waals surface area contributed by atoms with E-state index in [4.69, 9.17) is 4.74 Å². The average Bonchev–Trinajstić information content (AvgIpc) is 3.45. The first-order valence-corrected chi connectivity index (χ1v) is 8.59. The van der Waals surface area contributed by atoms with Gasteiger partial charge in [-0.2, -0.15) is 0 Å². The van der Waals surface area contributed by atoms with Crippen molar-refractivity contribution in [3.05, 3.63) is 58.0 Å². The molecular formula is C19H19N3O4. The molecule has 1 aliphatic rings. The molecule has 0 saturated heterocycles. The second kappa shape index (κ2) is 6.01. The van der Waals surface area contributed by atoms with E-state index in [1.807, 2.05) is 6.92 Å². The summed E-state index contributed by atoms with van der Waals surface area (Å²) in [5.74, 6) is -0.156. The monoisotopic (exact) mass is 353 g/mol. The third kappa shape index (κ3) is 2.39. The molecule has 7 nitrogen and oxygen atoms in total. The Morgan fingerprint density at radius 2 is 2.00 bits per heavy atom. The Kier molecular flexibility index (Phi) is 3.79. The lowest BCUT2D eigenvalue weighted by Gasteiger charge is -2.08. The predicted octanol–water partition coefficient (Wildman–Crippen LogP) is 2.63. The Hall–Kier alpha value is -3.09. The van der Waals surface area contributed by atoms with Gasteiger partial charge in [0.2, 0.25) is 0 Å². The first-order chi connectivity index (χ1) is 12.6. The van der Waals surface area contributed by atoms with E-state index >= 15 is 0 Å². The number of aryl methyl sites for hydroxylation is 1. The van der Waals surface area contributed by atoms with Crippen molar-refractivity contribution in [2.75, 3.05) is 7.11 Å². The summed E-state index contributed by atoms with van der Waals surface area (Å²) >= 11 is 0. The van der Waals surface area contributed by atoms with Crippen LogP contribution in [0.4, 0.5) is 0 Å². The van der Waals surface area contributed by atoms with Gasteiger partial charge in [0, 0.05) is 11.6 Å². The number of imidazole rings is 1. The number of fused-ring (bicyclic) bond motifs is 1. The van der Waals surface area contributed by atoms with Gasteiger partial charge >= 0.3 is 11.7 Å². The minimum atomic E-state index is -1.16. The molecule has 134 valence electrons. The fourth-order valence-electron chi connectivity index (χ4n) is 3.43. The van der Waals surface area contributed by atoms with E-state index in [1.165, 1.54) is 15.2 Å². The van der Waals surface area contributed by atoms with Crippen LogP contribution in [0.3, 0.4) is 0 Å². The number of ether oxygens (including phenoxy) is 1. The van der Waals surface area contributed by atoms with Gasteiger partial charge in [-0.1, -0.05) is 6.92 Å². The van der Waals surface area contributed by atoms with Crippen LogP contribution in [0.15, 0.2) is 35.3 Å². The Bertz CT molecular complexity index is 1060. The van der Waals surface area contributed by atoms with E-state index < -0.39 is 5.97 Å². The summed E-state index contributed by atoms with van der Waals surface area (Å²) in [4.78, 5) is 29.6. The molecule has 0 amide bonds. The molecular weight excluding hydrogens is 334 g/mol. The zero-order chi connectivity index (χ0) is 18.4. The lowest BCUT2D eigenvalue weighted by Crippen LogP contribution is -2.23. The summed E-state index contributed by atoms with van der Waals surface area (Å²) in [6.07, 6.45) is 4.25. The second-order valence-corrected chi connectivity index (χ2v) is 6.41. The van der Waals surface area contributed by atoms with Crippen LogP contribution < -0.4 is 10.4 Å². The number of carboxylic acid groups (broad SMARTS) is 1. The zero-order valence-electron chi connectivity index (χ0n) is 14.6. The minimum absolute atomic E-state index is 0.0790. The molecule has 0 aliphatic heterocycles. The average molecular weight is 353 g/mol. The van der Waals surface area contributed by atoms with E-state index in [9.17, 15) is 14.7 Å². The number of aromatic carboxylic acids is 1. The maximum absolute atomic E-state index is 13.2. The molecule has 1 N–H and O–H groups in total. The molecule has 1 fully saturated rings. The van der Waals surface area contributed by atoms with Gasteiger partial charge in [-0.15, -0.1) is 0 Å². The third-order valence-electron chi connectivity index (χ3n) is 4.81. The second-order valence-electron chi connectivity index (χ2n) is 6.41. The van der Waals surface area contributed by atoms with Gasteiger partial charge in [0.05, 0.1) is 24.7 Å². The number of nitrogens with zero attached hydrogens (tertiary/aromatic N) is 3. The highest BCUT2D eigenvalue weighted by atomic mass is 16.5. The number of methoxy groups -OCH3 is 1. The number of aromatic nitrogens is 3. The van der Waals surface area contributed by atoms with Crippen LogP contribution in [0.25, 0.3) is 11.2 Å². The lowest BCUT2D eigenvalue weighted by molar-refractivity contribution is 0.0690. The topological polar surface area (TPSA) is 85.8 Å². The standard InChI is InChI=1S/C19H19N3O4/c1-3-14-16(11-4-5-11)20-10-15-17(18(23)24)21(19(25)22(14)15)12-6-8-13(26-2)9-7-12/h6-11H,3-5H2,1-2H3,(H,23,24). The maximum atomic E-state index is 13.2. The molecule has 1 saturated carbocycles. The molecule has 0 bridgehead atoms. The van der Waals surface area contributed by atoms with Crippen LogP contribution in [-0.4, -0.2) is 32.1 Å². The minimum Gasteiger partial charge on any atom is -0.497 e. The molecule has 2 heterocycles. The zero-order valence-corrected chi connectivity index (χ0v) is 14.6. The molecule has 0 spiro atoms. The Morgan fingerprint density at radius 1 is 1.31 bits per heavy atom. The summed E-state index contributed by atoms with van der Waals surface area (Å²) in [6, 6.07) is 6.74. The number of hydrogen-bond donors (Lipinski definition) is 1.